The first-order valence-electron chi connectivity index (χ1n) is 17.0. The second-order valence-electron chi connectivity index (χ2n) is 13.7. The highest BCUT2D eigenvalue weighted by Crippen LogP contribution is 2.48. The van der Waals surface area contributed by atoms with Crippen molar-refractivity contribution >= 4 is 33.5 Å². The number of nitrogens with one attached hydrogen (secondary N) is 2. The van der Waals surface area contributed by atoms with Crippen molar-refractivity contribution < 1.29 is 32.4 Å². The summed E-state index contributed by atoms with van der Waals surface area (Å²) < 4.78 is 33.5. The normalized spacial score (nSPS) is 30.0. The summed E-state index contributed by atoms with van der Waals surface area (Å²) in [5.41, 5.74) is 3.20. The average molecular weight is 675 g/mol. The van der Waals surface area contributed by atoms with Gasteiger partial charge in [-0.25, -0.2) is 8.42 Å². The zero-order chi connectivity index (χ0) is 33.6. The number of fused-ring (bicyclic) bond motifs is 6. The Morgan fingerprint density at radius 2 is 1.81 bits per heavy atom. The Bertz CT molecular complexity index is 1800. The van der Waals surface area contributed by atoms with Crippen molar-refractivity contribution in [3.8, 4) is 16.9 Å². The van der Waals surface area contributed by atoms with Crippen LogP contribution in [-0.4, -0.2) is 73.8 Å². The van der Waals surface area contributed by atoms with E-state index in [2.05, 4.69) is 15.2 Å². The molecule has 0 saturated heterocycles. The summed E-state index contributed by atoms with van der Waals surface area (Å²) in [6.07, 6.45) is 7.47. The van der Waals surface area contributed by atoms with Crippen molar-refractivity contribution in [3.05, 3.63) is 65.7 Å². The molecule has 3 fully saturated rings. The lowest BCUT2D eigenvalue weighted by atomic mass is 9.93. The fourth-order valence-corrected chi connectivity index (χ4v) is 8.82. The van der Waals surface area contributed by atoms with Crippen LogP contribution >= 0.6 is 0 Å². The first kappa shape index (κ1) is 32.4. The summed E-state index contributed by atoms with van der Waals surface area (Å²) in [5, 5.41) is 7.02. The Kier molecular flexibility index (Phi) is 8.55. The predicted octanol–water partition coefficient (Wildman–Crippen LogP) is 3.91. The Hall–Kier alpha value is -4.19. The SMILES string of the molecule is CC[C@@H]1C[C@]1(NC(=O)[C@@H]1C[C@@H]2C[C@H]1C(=O)N(C)CCC/C=C/COc1ccc3c(c1)/C(=N\O2)c1ccccc1-3)C(=O)NS(=O)(=O)C1CC1. The van der Waals surface area contributed by atoms with Crippen LogP contribution in [-0.2, 0) is 29.2 Å². The number of carbonyl (C=O) groups excluding carboxylic acids is 3. The lowest BCUT2D eigenvalue weighted by molar-refractivity contribution is -0.140. The molecule has 5 atom stereocenters. The van der Waals surface area contributed by atoms with E-state index in [0.717, 1.165) is 40.8 Å². The highest BCUT2D eigenvalue weighted by molar-refractivity contribution is 7.91. The second-order valence-corrected chi connectivity index (χ2v) is 15.7. The molecule has 2 aromatic carbocycles. The number of sulfonamides is 1. The molecule has 12 heteroatoms. The molecule has 4 bridgehead atoms. The number of amides is 3. The van der Waals surface area contributed by atoms with Crippen molar-refractivity contribution in [2.45, 2.75) is 75.2 Å². The van der Waals surface area contributed by atoms with Crippen molar-refractivity contribution in [1.82, 2.24) is 14.9 Å². The fourth-order valence-electron chi connectivity index (χ4n) is 7.45. The third kappa shape index (κ3) is 6.10. The Morgan fingerprint density at radius 1 is 1.04 bits per heavy atom. The third-order valence-corrected chi connectivity index (χ3v) is 12.3. The van der Waals surface area contributed by atoms with Crippen LogP contribution in [0.5, 0.6) is 5.75 Å². The fraction of sp³-hybridized carbons (Fsp3) is 0.500. The standard InChI is InChI=1S/C36H42N4O7S/c1-3-22-21-36(22,35(43)39-48(44,45)25-13-14-25)37-33(41)30-19-24-20-31(30)34(42)40(2)16-8-4-5-9-17-46-23-12-15-27-26-10-6-7-11-28(26)32(38-47-24)29(27)18-23/h5-7,9-12,15,18,22,24-25,30-31H,3-4,8,13-14,16-17,19-21H2,1-2H3,(H,37,41)(H,39,43)/b9-5+,38-32-/t22-,24-,30-,31-,36-/m1/s1. The van der Waals surface area contributed by atoms with Gasteiger partial charge in [0.1, 0.15) is 29.7 Å². The molecule has 1 aliphatic heterocycles. The molecule has 3 saturated carbocycles. The van der Waals surface area contributed by atoms with Gasteiger partial charge in [-0.3, -0.25) is 19.1 Å². The van der Waals surface area contributed by atoms with Gasteiger partial charge in [-0.15, -0.1) is 0 Å². The van der Waals surface area contributed by atoms with Gasteiger partial charge in [0.25, 0.3) is 5.91 Å². The van der Waals surface area contributed by atoms with Gasteiger partial charge in [-0.2, -0.15) is 0 Å². The average Bonchev–Trinajstić information content (AvgIpc) is 3.99. The lowest BCUT2D eigenvalue weighted by Gasteiger charge is -2.26. The van der Waals surface area contributed by atoms with Crippen molar-refractivity contribution in [3.63, 3.8) is 0 Å². The van der Waals surface area contributed by atoms with Gasteiger partial charge in [0.2, 0.25) is 21.8 Å². The number of carbonyl (C=O) groups is 3. The number of nitrogens with zero attached hydrogens (tertiary/aromatic N) is 2. The molecule has 5 aliphatic rings. The highest BCUT2D eigenvalue weighted by Gasteiger charge is 2.62. The van der Waals surface area contributed by atoms with E-state index in [1.54, 1.807) is 11.9 Å². The largest absolute Gasteiger partial charge is 0.490 e. The Balaban J connectivity index is 1.17. The number of ether oxygens (including phenoxy) is 1. The van der Waals surface area contributed by atoms with E-state index in [4.69, 9.17) is 9.57 Å². The number of allylic oxidation sites excluding steroid dienone is 1. The minimum atomic E-state index is -3.79. The topological polar surface area (TPSA) is 143 Å². The van der Waals surface area contributed by atoms with E-state index < -0.39 is 50.6 Å². The molecule has 2 aromatic rings. The lowest BCUT2D eigenvalue weighted by Crippen LogP contribution is -2.54. The minimum Gasteiger partial charge on any atom is -0.490 e. The van der Waals surface area contributed by atoms with Crippen LogP contribution in [0.25, 0.3) is 11.1 Å². The zero-order valence-corrected chi connectivity index (χ0v) is 28.1. The summed E-state index contributed by atoms with van der Waals surface area (Å²) in [5.74, 6) is -2.25. The van der Waals surface area contributed by atoms with Crippen LogP contribution in [0.3, 0.4) is 0 Å². The van der Waals surface area contributed by atoms with Gasteiger partial charge in [-0.1, -0.05) is 54.9 Å². The smallest absolute Gasteiger partial charge is 0.259 e. The minimum absolute atomic E-state index is 0.166. The van der Waals surface area contributed by atoms with E-state index in [1.165, 1.54) is 0 Å². The molecule has 0 spiro atoms. The molecule has 0 aromatic heterocycles. The summed E-state index contributed by atoms with van der Waals surface area (Å²) in [7, 11) is -2.05. The third-order valence-electron chi connectivity index (χ3n) is 10.5. The molecule has 3 amide bonds. The van der Waals surface area contributed by atoms with Crippen LogP contribution in [0.1, 0.15) is 69.4 Å². The van der Waals surface area contributed by atoms with Crippen LogP contribution < -0.4 is 14.8 Å². The molecule has 2 N–H and O–H groups in total. The van der Waals surface area contributed by atoms with E-state index in [-0.39, 0.29) is 24.7 Å². The van der Waals surface area contributed by atoms with E-state index in [0.29, 0.717) is 44.5 Å². The van der Waals surface area contributed by atoms with Crippen molar-refractivity contribution in [1.29, 1.82) is 0 Å². The van der Waals surface area contributed by atoms with E-state index in [1.807, 2.05) is 61.5 Å². The highest BCUT2D eigenvalue weighted by atomic mass is 32.2. The number of hydrogen-bond acceptors (Lipinski definition) is 8. The zero-order valence-electron chi connectivity index (χ0n) is 27.3. The number of oxime groups is 1. The molecular weight excluding hydrogens is 632 g/mol. The summed E-state index contributed by atoms with van der Waals surface area (Å²) in [6, 6.07) is 13.9. The van der Waals surface area contributed by atoms with Gasteiger partial charge in [0.15, 0.2) is 0 Å². The van der Waals surface area contributed by atoms with Crippen LogP contribution in [0, 0.1) is 17.8 Å². The van der Waals surface area contributed by atoms with Crippen LogP contribution in [0.4, 0.5) is 0 Å². The van der Waals surface area contributed by atoms with Gasteiger partial charge in [0, 0.05) is 24.7 Å². The van der Waals surface area contributed by atoms with E-state index >= 15 is 0 Å². The Labute approximate surface area is 281 Å². The molecular formula is C36H42N4O7S. The molecule has 11 nitrogen and oxygen atoms in total. The summed E-state index contributed by atoms with van der Waals surface area (Å²) in [6.45, 7) is 2.83. The second kappa shape index (κ2) is 12.7. The summed E-state index contributed by atoms with van der Waals surface area (Å²) in [4.78, 5) is 49.2. The molecule has 7 rings (SSSR count). The molecule has 4 aliphatic carbocycles. The van der Waals surface area contributed by atoms with Gasteiger partial charge < -0.3 is 19.8 Å². The molecule has 1 heterocycles. The predicted molar refractivity (Wildman–Crippen MR) is 179 cm³/mol. The van der Waals surface area contributed by atoms with Crippen molar-refractivity contribution in [2.75, 3.05) is 20.2 Å². The molecule has 48 heavy (non-hydrogen) atoms. The van der Waals surface area contributed by atoms with Crippen molar-refractivity contribution in [2.24, 2.45) is 22.9 Å². The number of benzene rings is 2. The molecule has 254 valence electrons. The monoisotopic (exact) mass is 674 g/mol. The van der Waals surface area contributed by atoms with Crippen LogP contribution in [0.15, 0.2) is 59.8 Å². The number of hydrogen-bond donors (Lipinski definition) is 2. The Morgan fingerprint density at radius 3 is 2.56 bits per heavy atom. The first-order chi connectivity index (χ1) is 23.1. The quantitative estimate of drug-likeness (QED) is 0.378. The van der Waals surface area contributed by atoms with Gasteiger partial charge in [0.05, 0.1) is 17.1 Å². The molecule has 0 radical (unpaired) electrons. The number of rotatable bonds is 6. The first-order valence-corrected chi connectivity index (χ1v) is 18.5. The van der Waals surface area contributed by atoms with Gasteiger partial charge >= 0.3 is 0 Å². The van der Waals surface area contributed by atoms with E-state index in [9.17, 15) is 22.8 Å². The maximum absolute atomic E-state index is 14.1. The molecule has 0 unspecified atom stereocenters. The maximum atomic E-state index is 14.1. The summed E-state index contributed by atoms with van der Waals surface area (Å²) >= 11 is 0. The maximum Gasteiger partial charge on any atom is 0.259 e. The van der Waals surface area contributed by atoms with Crippen LogP contribution in [0.2, 0.25) is 0 Å². The van der Waals surface area contributed by atoms with Gasteiger partial charge in [-0.05, 0) is 80.2 Å².